The lowest BCUT2D eigenvalue weighted by atomic mass is 10.1. The maximum Gasteiger partial charge on any atom is 0.341 e. The fraction of sp³-hybridized carbons (Fsp3) is 0.300. The third-order valence-electron chi connectivity index (χ3n) is 2.01. The Morgan fingerprint density at radius 3 is 2.50 bits per heavy atom. The van der Waals surface area contributed by atoms with E-state index in [-0.39, 0.29) is 11.3 Å². The zero-order chi connectivity index (χ0) is 10.7. The highest BCUT2D eigenvalue weighted by Gasteiger charge is 2.15. The van der Waals surface area contributed by atoms with E-state index in [0.717, 1.165) is 0 Å². The van der Waals surface area contributed by atoms with Crippen LogP contribution in [0, 0.1) is 6.92 Å². The first-order valence-corrected chi connectivity index (χ1v) is 4.06. The molecule has 0 aromatic heterocycles. The molecular weight excluding hydrogens is 184 g/mol. The summed E-state index contributed by atoms with van der Waals surface area (Å²) in [5.74, 6) is -0.125. The zero-order valence-corrected chi connectivity index (χ0v) is 8.33. The van der Waals surface area contributed by atoms with Gasteiger partial charge in [-0.2, -0.15) is 0 Å². The summed E-state index contributed by atoms with van der Waals surface area (Å²) in [6, 6.07) is 3.08. The van der Waals surface area contributed by atoms with Crippen molar-refractivity contribution in [3.8, 4) is 11.5 Å². The Kier molecular flexibility index (Phi) is 2.96. The van der Waals surface area contributed by atoms with Crippen LogP contribution < -0.4 is 4.74 Å². The first-order valence-electron chi connectivity index (χ1n) is 4.06. The quantitative estimate of drug-likeness (QED) is 0.728. The summed E-state index contributed by atoms with van der Waals surface area (Å²) < 4.78 is 9.49. The van der Waals surface area contributed by atoms with E-state index in [0.29, 0.717) is 11.3 Å². The van der Waals surface area contributed by atoms with Crippen LogP contribution in [-0.4, -0.2) is 25.3 Å². The van der Waals surface area contributed by atoms with Crippen molar-refractivity contribution < 1.29 is 19.4 Å². The average molecular weight is 196 g/mol. The number of phenols is 1. The van der Waals surface area contributed by atoms with Crippen LogP contribution in [0.25, 0.3) is 0 Å². The van der Waals surface area contributed by atoms with Crippen molar-refractivity contribution in [1.29, 1.82) is 0 Å². The van der Waals surface area contributed by atoms with Crippen LogP contribution in [0.5, 0.6) is 11.5 Å². The van der Waals surface area contributed by atoms with E-state index in [1.807, 2.05) is 0 Å². The van der Waals surface area contributed by atoms with Gasteiger partial charge < -0.3 is 14.6 Å². The van der Waals surface area contributed by atoms with E-state index in [1.165, 1.54) is 20.3 Å². The van der Waals surface area contributed by atoms with Crippen LogP contribution in [0.1, 0.15) is 15.9 Å². The number of esters is 1. The van der Waals surface area contributed by atoms with Gasteiger partial charge in [0.25, 0.3) is 0 Å². The highest BCUT2D eigenvalue weighted by atomic mass is 16.5. The molecule has 0 saturated heterocycles. The summed E-state index contributed by atoms with van der Waals surface area (Å²) in [6.07, 6.45) is 0. The van der Waals surface area contributed by atoms with Gasteiger partial charge in [0, 0.05) is 5.56 Å². The predicted octanol–water partition coefficient (Wildman–Crippen LogP) is 1.50. The first kappa shape index (κ1) is 10.4. The maximum atomic E-state index is 11.2. The summed E-state index contributed by atoms with van der Waals surface area (Å²) in [7, 11) is 2.76. The van der Waals surface area contributed by atoms with Gasteiger partial charge in [0.2, 0.25) is 0 Å². The minimum atomic E-state index is -0.562. The van der Waals surface area contributed by atoms with Crippen molar-refractivity contribution in [3.05, 3.63) is 23.3 Å². The van der Waals surface area contributed by atoms with Gasteiger partial charge in [-0.15, -0.1) is 0 Å². The van der Waals surface area contributed by atoms with Gasteiger partial charge in [0.1, 0.15) is 17.1 Å². The second-order valence-corrected chi connectivity index (χ2v) is 2.78. The van der Waals surface area contributed by atoms with Crippen LogP contribution >= 0.6 is 0 Å². The molecule has 0 spiro atoms. The molecule has 14 heavy (non-hydrogen) atoms. The number of rotatable bonds is 2. The third kappa shape index (κ3) is 1.64. The molecule has 0 amide bonds. The number of carbonyl (C=O) groups excluding carboxylic acids is 1. The minimum Gasteiger partial charge on any atom is -0.507 e. The molecule has 0 radical (unpaired) electrons. The van der Waals surface area contributed by atoms with E-state index in [2.05, 4.69) is 4.74 Å². The molecule has 4 heteroatoms. The summed E-state index contributed by atoms with van der Waals surface area (Å²) >= 11 is 0. The van der Waals surface area contributed by atoms with Gasteiger partial charge in [-0.05, 0) is 19.1 Å². The van der Waals surface area contributed by atoms with Crippen LogP contribution in [0.4, 0.5) is 0 Å². The molecule has 1 aromatic rings. The molecule has 0 atom stereocenters. The van der Waals surface area contributed by atoms with Crippen molar-refractivity contribution >= 4 is 5.97 Å². The number of methoxy groups -OCH3 is 2. The molecule has 0 bridgehead atoms. The van der Waals surface area contributed by atoms with Gasteiger partial charge in [0.15, 0.2) is 0 Å². The van der Waals surface area contributed by atoms with Crippen LogP contribution in [-0.2, 0) is 4.74 Å². The largest absolute Gasteiger partial charge is 0.507 e. The molecule has 0 aliphatic rings. The normalized spacial score (nSPS) is 9.64. The predicted molar refractivity (Wildman–Crippen MR) is 50.7 cm³/mol. The van der Waals surface area contributed by atoms with E-state index in [9.17, 15) is 9.90 Å². The van der Waals surface area contributed by atoms with Gasteiger partial charge in [-0.1, -0.05) is 0 Å². The molecule has 0 fully saturated rings. The Morgan fingerprint density at radius 1 is 1.36 bits per heavy atom. The molecule has 1 rings (SSSR count). The number of phenolic OH excluding ortho intramolecular Hbond substituents is 1. The van der Waals surface area contributed by atoms with Gasteiger partial charge in [0.05, 0.1) is 14.2 Å². The van der Waals surface area contributed by atoms with Crippen LogP contribution in [0.2, 0.25) is 0 Å². The highest BCUT2D eigenvalue weighted by Crippen LogP contribution is 2.30. The highest BCUT2D eigenvalue weighted by molar-refractivity contribution is 5.93. The maximum absolute atomic E-state index is 11.2. The second-order valence-electron chi connectivity index (χ2n) is 2.78. The Morgan fingerprint density at radius 2 is 2.00 bits per heavy atom. The van der Waals surface area contributed by atoms with E-state index in [4.69, 9.17) is 4.74 Å². The molecular formula is C10H12O4. The number of benzene rings is 1. The van der Waals surface area contributed by atoms with Gasteiger partial charge in [-0.3, -0.25) is 0 Å². The first-order chi connectivity index (χ1) is 6.61. The van der Waals surface area contributed by atoms with E-state index < -0.39 is 5.97 Å². The summed E-state index contributed by atoms with van der Waals surface area (Å²) in [5, 5.41) is 9.63. The Hall–Kier alpha value is -1.71. The molecule has 0 unspecified atom stereocenters. The van der Waals surface area contributed by atoms with Crippen LogP contribution in [0.15, 0.2) is 12.1 Å². The SMILES string of the molecule is COC(=O)c1ccc(OC)c(C)c1O. The van der Waals surface area contributed by atoms with Crippen molar-refractivity contribution in [2.45, 2.75) is 6.92 Å². The summed E-state index contributed by atoms with van der Waals surface area (Å²) in [4.78, 5) is 11.2. The Labute approximate surface area is 82.1 Å². The molecule has 76 valence electrons. The smallest absolute Gasteiger partial charge is 0.341 e. The minimum absolute atomic E-state index is 0.101. The number of hydrogen-bond acceptors (Lipinski definition) is 4. The molecule has 0 heterocycles. The summed E-state index contributed by atoms with van der Waals surface area (Å²) in [5.41, 5.74) is 0.668. The number of ether oxygens (including phenoxy) is 2. The van der Waals surface area contributed by atoms with Crippen molar-refractivity contribution in [2.75, 3.05) is 14.2 Å². The van der Waals surface area contributed by atoms with Crippen molar-refractivity contribution in [3.63, 3.8) is 0 Å². The molecule has 0 aliphatic carbocycles. The number of aromatic hydroxyl groups is 1. The molecule has 0 aliphatic heterocycles. The summed E-state index contributed by atoms with van der Waals surface area (Å²) in [6.45, 7) is 1.67. The standard InChI is InChI=1S/C10H12O4/c1-6-8(13-2)5-4-7(9(6)11)10(12)14-3/h4-5,11H,1-3H3. The third-order valence-corrected chi connectivity index (χ3v) is 2.01. The fourth-order valence-corrected chi connectivity index (χ4v) is 1.18. The zero-order valence-electron chi connectivity index (χ0n) is 8.33. The van der Waals surface area contributed by atoms with Gasteiger partial charge in [-0.25, -0.2) is 4.79 Å². The van der Waals surface area contributed by atoms with Gasteiger partial charge >= 0.3 is 5.97 Å². The molecule has 1 N–H and O–H groups in total. The Balaban J connectivity index is 3.24. The van der Waals surface area contributed by atoms with Crippen molar-refractivity contribution in [2.24, 2.45) is 0 Å². The Bertz CT molecular complexity index is 357. The molecule has 1 aromatic carbocycles. The second kappa shape index (κ2) is 4.00. The lowest BCUT2D eigenvalue weighted by Crippen LogP contribution is -2.02. The monoisotopic (exact) mass is 196 g/mol. The fourth-order valence-electron chi connectivity index (χ4n) is 1.18. The number of hydrogen-bond donors (Lipinski definition) is 1. The van der Waals surface area contributed by atoms with Crippen LogP contribution in [0.3, 0.4) is 0 Å². The lowest BCUT2D eigenvalue weighted by molar-refractivity contribution is 0.0597. The lowest BCUT2D eigenvalue weighted by Gasteiger charge is -2.09. The average Bonchev–Trinajstić information content (AvgIpc) is 2.21. The van der Waals surface area contributed by atoms with E-state index >= 15 is 0 Å². The molecule has 0 saturated carbocycles. The topological polar surface area (TPSA) is 55.8 Å². The van der Waals surface area contributed by atoms with Crippen molar-refractivity contribution in [1.82, 2.24) is 0 Å². The molecule has 4 nitrogen and oxygen atoms in total. The number of carbonyl (C=O) groups is 1. The van der Waals surface area contributed by atoms with E-state index in [1.54, 1.807) is 13.0 Å².